The third kappa shape index (κ3) is 5.37. The van der Waals surface area contributed by atoms with Crippen LogP contribution in [0, 0.1) is 0 Å². The van der Waals surface area contributed by atoms with Crippen molar-refractivity contribution in [3.05, 3.63) is 103 Å². The van der Waals surface area contributed by atoms with E-state index in [0.29, 0.717) is 6.42 Å². The second kappa shape index (κ2) is 9.72. The molecule has 1 amide bonds. The van der Waals surface area contributed by atoms with Gasteiger partial charge in [-0.15, -0.1) is 0 Å². The Kier molecular flexibility index (Phi) is 6.38. The first-order valence-corrected chi connectivity index (χ1v) is 10.3. The number of amides is 1. The van der Waals surface area contributed by atoms with E-state index in [1.54, 1.807) is 7.11 Å². The molecule has 3 aromatic carbocycles. The van der Waals surface area contributed by atoms with Crippen LogP contribution in [-0.4, -0.2) is 18.0 Å². The van der Waals surface area contributed by atoms with Gasteiger partial charge >= 0.3 is 0 Å². The zero-order valence-electron chi connectivity index (χ0n) is 17.4. The Morgan fingerprint density at radius 3 is 2.26 bits per heavy atom. The molecule has 0 aliphatic heterocycles. The van der Waals surface area contributed by atoms with Gasteiger partial charge in [0, 0.05) is 23.2 Å². The summed E-state index contributed by atoms with van der Waals surface area (Å²) in [6.45, 7) is 0. The summed E-state index contributed by atoms with van der Waals surface area (Å²) in [5.41, 5.74) is 5.70. The predicted molar refractivity (Wildman–Crippen MR) is 125 cm³/mol. The highest BCUT2D eigenvalue weighted by molar-refractivity contribution is 5.91. The number of anilines is 1. The van der Waals surface area contributed by atoms with E-state index in [0.717, 1.165) is 45.9 Å². The van der Waals surface area contributed by atoms with Crippen molar-refractivity contribution in [1.29, 1.82) is 0 Å². The molecule has 1 heterocycles. The SMILES string of the molecule is COc1cccc(-c2cccc(-c3ccc(NC(=O)CCc4ccccc4)cc3)n2)c1. The largest absolute Gasteiger partial charge is 0.497 e. The van der Waals surface area contributed by atoms with Crippen LogP contribution in [0.15, 0.2) is 97.1 Å². The highest BCUT2D eigenvalue weighted by Crippen LogP contribution is 2.26. The molecule has 31 heavy (non-hydrogen) atoms. The van der Waals surface area contributed by atoms with Gasteiger partial charge in [-0.3, -0.25) is 4.79 Å². The van der Waals surface area contributed by atoms with Crippen LogP contribution >= 0.6 is 0 Å². The lowest BCUT2D eigenvalue weighted by atomic mass is 10.1. The topological polar surface area (TPSA) is 51.2 Å². The van der Waals surface area contributed by atoms with Crippen LogP contribution in [-0.2, 0) is 11.2 Å². The fourth-order valence-electron chi connectivity index (χ4n) is 3.39. The predicted octanol–water partition coefficient (Wildman–Crippen LogP) is 6.00. The summed E-state index contributed by atoms with van der Waals surface area (Å²) in [4.78, 5) is 17.1. The van der Waals surface area contributed by atoms with Crippen LogP contribution in [0.3, 0.4) is 0 Å². The van der Waals surface area contributed by atoms with Gasteiger partial charge in [0.1, 0.15) is 5.75 Å². The summed E-state index contributed by atoms with van der Waals surface area (Å²) >= 11 is 0. The van der Waals surface area contributed by atoms with Gasteiger partial charge in [-0.25, -0.2) is 4.98 Å². The van der Waals surface area contributed by atoms with Crippen molar-refractivity contribution in [2.24, 2.45) is 0 Å². The monoisotopic (exact) mass is 408 g/mol. The second-order valence-electron chi connectivity index (χ2n) is 7.25. The van der Waals surface area contributed by atoms with E-state index in [1.807, 2.05) is 97.1 Å². The molecule has 0 bridgehead atoms. The van der Waals surface area contributed by atoms with Crippen molar-refractivity contribution in [3.63, 3.8) is 0 Å². The van der Waals surface area contributed by atoms with Crippen molar-refractivity contribution in [3.8, 4) is 28.3 Å². The smallest absolute Gasteiger partial charge is 0.224 e. The van der Waals surface area contributed by atoms with Gasteiger partial charge in [0.05, 0.1) is 18.5 Å². The van der Waals surface area contributed by atoms with E-state index in [-0.39, 0.29) is 5.91 Å². The van der Waals surface area contributed by atoms with Crippen molar-refractivity contribution in [2.75, 3.05) is 12.4 Å². The number of benzene rings is 3. The average Bonchev–Trinajstić information content (AvgIpc) is 2.84. The third-order valence-corrected chi connectivity index (χ3v) is 5.06. The number of carbonyl (C=O) groups excluding carboxylic acids is 1. The Balaban J connectivity index is 1.42. The molecule has 4 nitrogen and oxygen atoms in total. The molecule has 0 saturated heterocycles. The molecule has 0 saturated carbocycles. The molecule has 0 fully saturated rings. The zero-order valence-corrected chi connectivity index (χ0v) is 17.4. The Labute approximate surface area is 182 Å². The first kappa shape index (κ1) is 20.4. The number of nitrogens with zero attached hydrogens (tertiary/aromatic N) is 1. The number of hydrogen-bond acceptors (Lipinski definition) is 3. The molecule has 0 aliphatic rings. The average molecular weight is 409 g/mol. The highest BCUT2D eigenvalue weighted by atomic mass is 16.5. The molecule has 0 atom stereocenters. The molecule has 4 heteroatoms. The Morgan fingerprint density at radius 2 is 1.52 bits per heavy atom. The first-order valence-electron chi connectivity index (χ1n) is 10.3. The molecular weight excluding hydrogens is 384 g/mol. The van der Waals surface area contributed by atoms with Gasteiger partial charge in [-0.05, 0) is 48.4 Å². The lowest BCUT2D eigenvalue weighted by Gasteiger charge is -2.09. The van der Waals surface area contributed by atoms with Crippen LogP contribution < -0.4 is 10.1 Å². The van der Waals surface area contributed by atoms with Gasteiger partial charge in [0.25, 0.3) is 0 Å². The van der Waals surface area contributed by atoms with Gasteiger partial charge in [0.15, 0.2) is 0 Å². The summed E-state index contributed by atoms with van der Waals surface area (Å²) in [5.74, 6) is 0.812. The summed E-state index contributed by atoms with van der Waals surface area (Å²) in [7, 11) is 1.66. The van der Waals surface area contributed by atoms with E-state index >= 15 is 0 Å². The maximum Gasteiger partial charge on any atom is 0.224 e. The Hall–Kier alpha value is -3.92. The third-order valence-electron chi connectivity index (χ3n) is 5.06. The van der Waals surface area contributed by atoms with Crippen molar-refractivity contribution in [2.45, 2.75) is 12.8 Å². The van der Waals surface area contributed by atoms with Crippen LogP contribution in [0.2, 0.25) is 0 Å². The van der Waals surface area contributed by atoms with Crippen LogP contribution in [0.4, 0.5) is 5.69 Å². The number of methoxy groups -OCH3 is 1. The van der Waals surface area contributed by atoms with Crippen molar-refractivity contribution in [1.82, 2.24) is 4.98 Å². The van der Waals surface area contributed by atoms with Gasteiger partial charge in [-0.2, -0.15) is 0 Å². The molecule has 0 radical (unpaired) electrons. The molecule has 1 aromatic heterocycles. The maximum atomic E-state index is 12.3. The summed E-state index contributed by atoms with van der Waals surface area (Å²) in [6.07, 6.45) is 1.18. The molecule has 0 spiro atoms. The number of nitrogens with one attached hydrogen (secondary N) is 1. The standard InChI is InChI=1S/C27H24N2O2/c1-31-24-10-5-9-22(19-24)26-12-6-11-25(29-26)21-14-16-23(17-15-21)28-27(30)18-13-20-7-3-2-4-8-20/h2-12,14-17,19H,13,18H2,1H3,(H,28,30). The quantitative estimate of drug-likeness (QED) is 0.408. The van der Waals surface area contributed by atoms with E-state index < -0.39 is 0 Å². The molecule has 1 N–H and O–H groups in total. The first-order chi connectivity index (χ1) is 15.2. The summed E-state index contributed by atoms with van der Waals surface area (Å²) < 4.78 is 5.32. The minimum Gasteiger partial charge on any atom is -0.497 e. The fraction of sp³-hybridized carbons (Fsp3) is 0.111. The molecule has 0 unspecified atom stereocenters. The molecular formula is C27H24N2O2. The zero-order chi connectivity index (χ0) is 21.5. The summed E-state index contributed by atoms with van der Waals surface area (Å²) in [6, 6.07) is 31.6. The number of carbonyl (C=O) groups is 1. The maximum absolute atomic E-state index is 12.3. The van der Waals surface area contributed by atoms with Crippen molar-refractivity contribution < 1.29 is 9.53 Å². The molecule has 154 valence electrons. The fourth-order valence-corrected chi connectivity index (χ4v) is 3.39. The Bertz CT molecular complexity index is 1160. The van der Waals surface area contributed by atoms with Gasteiger partial charge in [0.2, 0.25) is 5.91 Å². The number of aromatic nitrogens is 1. The second-order valence-corrected chi connectivity index (χ2v) is 7.25. The lowest BCUT2D eigenvalue weighted by Crippen LogP contribution is -2.12. The number of pyridine rings is 1. The van der Waals surface area contributed by atoms with E-state index in [1.165, 1.54) is 0 Å². The van der Waals surface area contributed by atoms with E-state index in [2.05, 4.69) is 5.32 Å². The molecule has 4 rings (SSSR count). The number of ether oxygens (including phenoxy) is 1. The van der Waals surface area contributed by atoms with E-state index in [4.69, 9.17) is 9.72 Å². The molecule has 0 aliphatic carbocycles. The highest BCUT2D eigenvalue weighted by Gasteiger charge is 2.07. The number of hydrogen-bond donors (Lipinski definition) is 1. The minimum absolute atomic E-state index is 0.00903. The van der Waals surface area contributed by atoms with Crippen LogP contribution in [0.5, 0.6) is 5.75 Å². The Morgan fingerprint density at radius 1 is 0.806 bits per heavy atom. The van der Waals surface area contributed by atoms with Gasteiger partial charge in [-0.1, -0.05) is 60.7 Å². The number of rotatable bonds is 7. The normalized spacial score (nSPS) is 10.5. The summed E-state index contributed by atoms with van der Waals surface area (Å²) in [5, 5.41) is 2.97. The van der Waals surface area contributed by atoms with Crippen molar-refractivity contribution >= 4 is 11.6 Å². The molecule has 4 aromatic rings. The number of aryl methyl sites for hydroxylation is 1. The van der Waals surface area contributed by atoms with Crippen LogP contribution in [0.1, 0.15) is 12.0 Å². The van der Waals surface area contributed by atoms with Gasteiger partial charge < -0.3 is 10.1 Å². The lowest BCUT2D eigenvalue weighted by molar-refractivity contribution is -0.116. The van der Waals surface area contributed by atoms with E-state index in [9.17, 15) is 4.79 Å². The van der Waals surface area contributed by atoms with Crippen LogP contribution in [0.25, 0.3) is 22.5 Å². The minimum atomic E-state index is 0.00903.